The number of amides is 2. The molecule has 8 heteroatoms. The Bertz CT molecular complexity index is 513. The van der Waals surface area contributed by atoms with Crippen LogP contribution in [-0.2, 0) is 9.59 Å². The Morgan fingerprint density at radius 1 is 1.21 bits per heavy atom. The van der Waals surface area contributed by atoms with Crippen molar-refractivity contribution < 1.29 is 28.3 Å². The number of carbonyl (C=O) groups excluding carboxylic acids is 2. The van der Waals surface area contributed by atoms with E-state index in [-0.39, 0.29) is 5.56 Å². The summed E-state index contributed by atoms with van der Waals surface area (Å²) in [6, 6.07) is 0.602. The molecule has 1 atom stereocenters. The van der Waals surface area contributed by atoms with Gasteiger partial charge in [-0.25, -0.2) is 8.78 Å². The first-order valence-electron chi connectivity index (χ1n) is 5.07. The van der Waals surface area contributed by atoms with E-state index in [1.807, 2.05) is 5.32 Å². The van der Waals surface area contributed by atoms with E-state index in [9.17, 15) is 23.2 Å². The van der Waals surface area contributed by atoms with Crippen LogP contribution in [0.3, 0.4) is 0 Å². The van der Waals surface area contributed by atoms with Gasteiger partial charge in [0.1, 0.15) is 17.7 Å². The predicted molar refractivity (Wildman–Crippen MR) is 59.1 cm³/mol. The van der Waals surface area contributed by atoms with E-state index in [4.69, 9.17) is 10.8 Å². The zero-order chi connectivity index (χ0) is 14.6. The Morgan fingerprint density at radius 2 is 1.74 bits per heavy atom. The number of carboxylic acid groups (broad SMARTS) is 1. The second-order valence-corrected chi connectivity index (χ2v) is 3.68. The van der Waals surface area contributed by atoms with Crippen LogP contribution in [0.5, 0.6) is 0 Å². The standard InChI is InChI=1S/C11H10F2N2O4/c12-6-1-5(2-7(13)3-6)11(19)15-8(10(14)18)4-9(16)17/h1-3,8H,4H2,(H2,14,18)(H,15,19)(H,16,17)/t8-/m0/s1. The molecule has 0 spiro atoms. The van der Waals surface area contributed by atoms with Gasteiger partial charge in [-0.3, -0.25) is 14.4 Å². The number of primary amides is 1. The Kier molecular flexibility index (Phi) is 4.51. The molecule has 19 heavy (non-hydrogen) atoms. The van der Waals surface area contributed by atoms with E-state index < -0.39 is 41.9 Å². The molecule has 0 heterocycles. The summed E-state index contributed by atoms with van der Waals surface area (Å²) in [6.07, 6.45) is -0.723. The van der Waals surface area contributed by atoms with Gasteiger partial charge in [0.25, 0.3) is 5.91 Å². The molecule has 1 rings (SSSR count). The van der Waals surface area contributed by atoms with Gasteiger partial charge in [0.05, 0.1) is 6.42 Å². The zero-order valence-electron chi connectivity index (χ0n) is 9.52. The molecule has 0 fully saturated rings. The number of aliphatic carboxylic acids is 1. The van der Waals surface area contributed by atoms with Crippen LogP contribution in [-0.4, -0.2) is 28.9 Å². The zero-order valence-corrected chi connectivity index (χ0v) is 9.52. The summed E-state index contributed by atoms with van der Waals surface area (Å²) in [5.74, 6) is -5.36. The van der Waals surface area contributed by atoms with Gasteiger partial charge >= 0.3 is 5.97 Å². The Labute approximate surface area is 106 Å². The third-order valence-electron chi connectivity index (χ3n) is 2.15. The minimum absolute atomic E-state index is 0.380. The van der Waals surface area contributed by atoms with E-state index in [0.717, 1.165) is 12.1 Å². The maximum absolute atomic E-state index is 12.9. The maximum atomic E-state index is 12.9. The lowest BCUT2D eigenvalue weighted by Gasteiger charge is -2.13. The van der Waals surface area contributed by atoms with Crippen LogP contribution in [0.1, 0.15) is 16.8 Å². The number of hydrogen-bond donors (Lipinski definition) is 3. The summed E-state index contributed by atoms with van der Waals surface area (Å²) in [5, 5.41) is 10.5. The number of nitrogens with two attached hydrogens (primary N) is 1. The van der Waals surface area contributed by atoms with Crippen LogP contribution in [0, 0.1) is 11.6 Å². The van der Waals surface area contributed by atoms with E-state index in [0.29, 0.717) is 6.07 Å². The quantitative estimate of drug-likeness (QED) is 0.702. The van der Waals surface area contributed by atoms with Crippen molar-refractivity contribution in [3.8, 4) is 0 Å². The number of halogens is 2. The summed E-state index contributed by atoms with van der Waals surface area (Å²) in [6.45, 7) is 0. The SMILES string of the molecule is NC(=O)[C@H](CC(=O)O)NC(=O)c1cc(F)cc(F)c1. The molecule has 102 valence electrons. The van der Waals surface area contributed by atoms with Gasteiger partial charge in [0.2, 0.25) is 5.91 Å². The van der Waals surface area contributed by atoms with E-state index in [2.05, 4.69) is 0 Å². The Balaban J connectivity index is 2.87. The molecule has 1 aromatic carbocycles. The molecule has 0 saturated carbocycles. The third kappa shape index (κ3) is 4.34. The fourth-order valence-corrected chi connectivity index (χ4v) is 1.32. The fraction of sp³-hybridized carbons (Fsp3) is 0.182. The Morgan fingerprint density at radius 3 is 2.16 bits per heavy atom. The largest absolute Gasteiger partial charge is 0.481 e. The summed E-state index contributed by atoms with van der Waals surface area (Å²) < 4.78 is 25.8. The van der Waals surface area contributed by atoms with Gasteiger partial charge in [0, 0.05) is 11.6 Å². The maximum Gasteiger partial charge on any atom is 0.305 e. The molecule has 0 aliphatic carbocycles. The summed E-state index contributed by atoms with van der Waals surface area (Å²) in [4.78, 5) is 33.0. The number of carbonyl (C=O) groups is 3. The fourth-order valence-electron chi connectivity index (χ4n) is 1.32. The second-order valence-electron chi connectivity index (χ2n) is 3.68. The van der Waals surface area contributed by atoms with Gasteiger partial charge in [-0.1, -0.05) is 0 Å². The molecule has 0 bridgehead atoms. The summed E-state index contributed by atoms with van der Waals surface area (Å²) in [5.41, 5.74) is 4.53. The Hall–Kier alpha value is -2.51. The average Bonchev–Trinajstić information content (AvgIpc) is 2.25. The highest BCUT2D eigenvalue weighted by Gasteiger charge is 2.22. The minimum atomic E-state index is -1.46. The molecule has 0 saturated heterocycles. The molecule has 0 radical (unpaired) electrons. The highest BCUT2D eigenvalue weighted by atomic mass is 19.1. The van der Waals surface area contributed by atoms with Gasteiger partial charge in [0.15, 0.2) is 0 Å². The first kappa shape index (κ1) is 14.6. The topological polar surface area (TPSA) is 109 Å². The highest BCUT2D eigenvalue weighted by Crippen LogP contribution is 2.08. The van der Waals surface area contributed by atoms with E-state index >= 15 is 0 Å². The lowest BCUT2D eigenvalue weighted by atomic mass is 10.1. The van der Waals surface area contributed by atoms with E-state index in [1.165, 1.54) is 0 Å². The van der Waals surface area contributed by atoms with Crippen molar-refractivity contribution in [2.45, 2.75) is 12.5 Å². The van der Waals surface area contributed by atoms with Gasteiger partial charge < -0.3 is 16.2 Å². The van der Waals surface area contributed by atoms with Crippen molar-refractivity contribution in [3.63, 3.8) is 0 Å². The first-order valence-corrected chi connectivity index (χ1v) is 5.07. The molecule has 0 aliphatic rings. The summed E-state index contributed by atoms with van der Waals surface area (Å²) in [7, 11) is 0. The van der Waals surface area contributed by atoms with Crippen molar-refractivity contribution in [1.29, 1.82) is 0 Å². The summed E-state index contributed by atoms with van der Waals surface area (Å²) >= 11 is 0. The van der Waals surface area contributed by atoms with Crippen LogP contribution < -0.4 is 11.1 Å². The lowest BCUT2D eigenvalue weighted by molar-refractivity contribution is -0.139. The molecule has 0 unspecified atom stereocenters. The van der Waals surface area contributed by atoms with Crippen LogP contribution in [0.2, 0.25) is 0 Å². The van der Waals surface area contributed by atoms with Gasteiger partial charge in [-0.15, -0.1) is 0 Å². The lowest BCUT2D eigenvalue weighted by Crippen LogP contribution is -2.45. The molecule has 4 N–H and O–H groups in total. The van der Waals surface area contributed by atoms with Crippen LogP contribution in [0.4, 0.5) is 8.78 Å². The van der Waals surface area contributed by atoms with E-state index in [1.54, 1.807) is 0 Å². The van der Waals surface area contributed by atoms with Crippen molar-refractivity contribution in [2.75, 3.05) is 0 Å². The number of carboxylic acids is 1. The normalized spacial score (nSPS) is 11.7. The van der Waals surface area contributed by atoms with Crippen molar-refractivity contribution in [1.82, 2.24) is 5.32 Å². The second kappa shape index (κ2) is 5.89. The minimum Gasteiger partial charge on any atom is -0.481 e. The molecule has 6 nitrogen and oxygen atoms in total. The molecule has 2 amide bonds. The molecular formula is C11H10F2N2O4. The monoisotopic (exact) mass is 272 g/mol. The number of rotatable bonds is 5. The molecule has 0 aromatic heterocycles. The van der Waals surface area contributed by atoms with Gasteiger partial charge in [-0.05, 0) is 12.1 Å². The number of hydrogen-bond acceptors (Lipinski definition) is 3. The molecule has 1 aromatic rings. The molecule has 0 aliphatic heterocycles. The predicted octanol–water partition coefficient (Wildman–Crippen LogP) is 0.0232. The van der Waals surface area contributed by atoms with Crippen molar-refractivity contribution in [3.05, 3.63) is 35.4 Å². The first-order chi connectivity index (χ1) is 8.79. The number of benzene rings is 1. The van der Waals surface area contributed by atoms with Crippen LogP contribution >= 0.6 is 0 Å². The van der Waals surface area contributed by atoms with Gasteiger partial charge in [-0.2, -0.15) is 0 Å². The van der Waals surface area contributed by atoms with Crippen molar-refractivity contribution in [2.24, 2.45) is 5.73 Å². The van der Waals surface area contributed by atoms with Crippen LogP contribution in [0.15, 0.2) is 18.2 Å². The average molecular weight is 272 g/mol. The number of nitrogens with one attached hydrogen (secondary N) is 1. The smallest absolute Gasteiger partial charge is 0.305 e. The molecular weight excluding hydrogens is 262 g/mol. The van der Waals surface area contributed by atoms with Crippen molar-refractivity contribution >= 4 is 17.8 Å². The highest BCUT2D eigenvalue weighted by molar-refractivity contribution is 5.98. The third-order valence-corrected chi connectivity index (χ3v) is 2.15. The van der Waals surface area contributed by atoms with Crippen LogP contribution in [0.25, 0.3) is 0 Å².